The zero-order chi connectivity index (χ0) is 24.8. The van der Waals surface area contributed by atoms with Crippen LogP contribution in [0.1, 0.15) is 11.1 Å². The summed E-state index contributed by atoms with van der Waals surface area (Å²) in [5.74, 6) is -0.149. The topological polar surface area (TPSA) is 84.9 Å². The summed E-state index contributed by atoms with van der Waals surface area (Å²) >= 11 is 7.00. The van der Waals surface area contributed by atoms with E-state index < -0.39 is 17.1 Å². The van der Waals surface area contributed by atoms with Crippen LogP contribution in [-0.2, 0) is 16.2 Å². The van der Waals surface area contributed by atoms with E-state index >= 15 is 0 Å². The lowest BCUT2D eigenvalue weighted by Gasteiger charge is -2.14. The minimum Gasteiger partial charge on any atom is -0.493 e. The second kappa shape index (κ2) is 11.1. The number of carbonyl (C=O) groups is 3. The Balaban J connectivity index is 1.53. The van der Waals surface area contributed by atoms with Crippen LogP contribution in [0.2, 0.25) is 5.02 Å². The van der Waals surface area contributed by atoms with Crippen molar-refractivity contribution in [3.8, 4) is 11.5 Å². The minimum absolute atomic E-state index is 0.179. The molecule has 0 radical (unpaired) electrons. The van der Waals surface area contributed by atoms with Gasteiger partial charge in [-0.05, 0) is 42.1 Å². The normalized spacial score (nSPS) is 14.3. The third kappa shape index (κ3) is 5.85. The number of anilines is 1. The molecule has 3 amide bonds. The molecule has 3 aromatic carbocycles. The number of benzene rings is 3. The number of amides is 3. The van der Waals surface area contributed by atoms with Gasteiger partial charge >= 0.3 is 0 Å². The Kier molecular flexibility index (Phi) is 7.74. The highest BCUT2D eigenvalue weighted by molar-refractivity contribution is 8.18. The van der Waals surface area contributed by atoms with Gasteiger partial charge in [-0.25, -0.2) is 0 Å². The van der Waals surface area contributed by atoms with Crippen LogP contribution in [0.3, 0.4) is 0 Å². The second-order valence-electron chi connectivity index (χ2n) is 7.44. The van der Waals surface area contributed by atoms with E-state index in [1.165, 1.54) is 7.11 Å². The molecule has 0 aliphatic carbocycles. The van der Waals surface area contributed by atoms with Gasteiger partial charge in [-0.2, -0.15) is 0 Å². The number of nitrogens with zero attached hydrogens (tertiary/aromatic N) is 1. The van der Waals surface area contributed by atoms with Crippen LogP contribution in [0.15, 0.2) is 77.7 Å². The zero-order valence-electron chi connectivity index (χ0n) is 18.7. The molecule has 0 atom stereocenters. The third-order valence-electron chi connectivity index (χ3n) is 5.08. The van der Waals surface area contributed by atoms with E-state index in [9.17, 15) is 14.4 Å². The van der Waals surface area contributed by atoms with Gasteiger partial charge in [0.25, 0.3) is 11.1 Å². The number of nitrogens with one attached hydrogen (secondary N) is 1. The number of halogens is 1. The van der Waals surface area contributed by atoms with Gasteiger partial charge in [0, 0.05) is 21.8 Å². The van der Waals surface area contributed by atoms with Crippen molar-refractivity contribution in [2.45, 2.75) is 6.61 Å². The van der Waals surface area contributed by atoms with Crippen molar-refractivity contribution >= 4 is 52.2 Å². The molecule has 1 saturated heterocycles. The number of hydrogen-bond donors (Lipinski definition) is 1. The standard InChI is InChI=1S/C26H21ClN2O5S/c1-33-21-13-7-9-17(24(21)34-16-18-8-5-6-12-20(18)27)14-22-25(31)29(26(32)35-22)15-23(30)28-19-10-3-2-4-11-19/h2-14H,15-16H2,1H3,(H,28,30)/b22-14-. The van der Waals surface area contributed by atoms with Crippen LogP contribution in [0.5, 0.6) is 11.5 Å². The largest absolute Gasteiger partial charge is 0.493 e. The summed E-state index contributed by atoms with van der Waals surface area (Å²) in [7, 11) is 1.51. The van der Waals surface area contributed by atoms with Crippen LogP contribution in [0.25, 0.3) is 6.08 Å². The highest BCUT2D eigenvalue weighted by atomic mass is 35.5. The molecule has 35 heavy (non-hydrogen) atoms. The Labute approximate surface area is 211 Å². The van der Waals surface area contributed by atoms with E-state index in [1.54, 1.807) is 54.6 Å². The van der Waals surface area contributed by atoms with Gasteiger partial charge in [-0.15, -0.1) is 0 Å². The third-order valence-corrected chi connectivity index (χ3v) is 6.35. The van der Waals surface area contributed by atoms with Crippen LogP contribution < -0.4 is 14.8 Å². The molecule has 1 N–H and O–H groups in total. The molecule has 0 spiro atoms. The molecule has 1 aliphatic heterocycles. The minimum atomic E-state index is -0.553. The monoisotopic (exact) mass is 508 g/mol. The lowest BCUT2D eigenvalue weighted by atomic mass is 10.1. The molecule has 4 rings (SSSR count). The van der Waals surface area contributed by atoms with Crippen molar-refractivity contribution in [2.75, 3.05) is 19.0 Å². The average Bonchev–Trinajstić information content (AvgIpc) is 3.11. The molecule has 1 heterocycles. The molecule has 1 fully saturated rings. The average molecular weight is 509 g/mol. The van der Waals surface area contributed by atoms with E-state index in [2.05, 4.69) is 5.32 Å². The van der Waals surface area contributed by atoms with Crippen molar-refractivity contribution in [1.29, 1.82) is 0 Å². The summed E-state index contributed by atoms with van der Waals surface area (Å²) in [5.41, 5.74) is 1.92. The van der Waals surface area contributed by atoms with Crippen molar-refractivity contribution in [3.05, 3.63) is 93.9 Å². The second-order valence-corrected chi connectivity index (χ2v) is 8.84. The Morgan fingerprint density at radius 1 is 1.03 bits per heavy atom. The molecular weight excluding hydrogens is 488 g/mol. The van der Waals surface area contributed by atoms with Crippen molar-refractivity contribution in [3.63, 3.8) is 0 Å². The number of thioether (sulfide) groups is 1. The van der Waals surface area contributed by atoms with Crippen LogP contribution >= 0.6 is 23.4 Å². The summed E-state index contributed by atoms with van der Waals surface area (Å²) in [6.45, 7) is -0.201. The number of carbonyl (C=O) groups excluding carboxylic acids is 3. The Hall–Kier alpha value is -3.75. The van der Waals surface area contributed by atoms with Gasteiger partial charge in [0.05, 0.1) is 12.0 Å². The lowest BCUT2D eigenvalue weighted by molar-refractivity contribution is -0.127. The van der Waals surface area contributed by atoms with Crippen LogP contribution in [0.4, 0.5) is 10.5 Å². The Bertz CT molecular complexity index is 1300. The number of ether oxygens (including phenoxy) is 2. The van der Waals surface area contributed by atoms with Gasteiger partial charge in [0.1, 0.15) is 13.2 Å². The fraction of sp³-hybridized carbons (Fsp3) is 0.115. The first-order valence-corrected chi connectivity index (χ1v) is 11.8. The number of methoxy groups -OCH3 is 1. The highest BCUT2D eigenvalue weighted by Gasteiger charge is 2.36. The molecule has 0 bridgehead atoms. The lowest BCUT2D eigenvalue weighted by Crippen LogP contribution is -2.36. The van der Waals surface area contributed by atoms with E-state index in [0.717, 1.165) is 22.2 Å². The molecular formula is C26H21ClN2O5S. The van der Waals surface area contributed by atoms with Crippen LogP contribution in [0, 0.1) is 0 Å². The number of para-hydroxylation sites is 2. The summed E-state index contributed by atoms with van der Waals surface area (Å²) in [6.07, 6.45) is 1.56. The Morgan fingerprint density at radius 3 is 2.51 bits per heavy atom. The van der Waals surface area contributed by atoms with Crippen molar-refractivity contribution < 1.29 is 23.9 Å². The maximum absolute atomic E-state index is 12.9. The maximum Gasteiger partial charge on any atom is 0.294 e. The van der Waals surface area contributed by atoms with Gasteiger partial charge in [-0.1, -0.05) is 60.1 Å². The molecule has 1 aliphatic rings. The fourth-order valence-electron chi connectivity index (χ4n) is 3.37. The smallest absolute Gasteiger partial charge is 0.294 e. The number of imide groups is 1. The number of hydrogen-bond acceptors (Lipinski definition) is 6. The van der Waals surface area contributed by atoms with Gasteiger partial charge in [0.2, 0.25) is 5.91 Å². The first-order chi connectivity index (χ1) is 17.0. The predicted octanol–water partition coefficient (Wildman–Crippen LogP) is 5.60. The summed E-state index contributed by atoms with van der Waals surface area (Å²) in [6, 6.07) is 21.4. The van der Waals surface area contributed by atoms with E-state index in [-0.39, 0.29) is 18.1 Å². The quantitative estimate of drug-likeness (QED) is 0.398. The van der Waals surface area contributed by atoms with E-state index in [0.29, 0.717) is 27.8 Å². The molecule has 0 aromatic heterocycles. The summed E-state index contributed by atoms with van der Waals surface area (Å²) < 4.78 is 11.5. The predicted molar refractivity (Wildman–Crippen MR) is 137 cm³/mol. The zero-order valence-corrected chi connectivity index (χ0v) is 20.3. The van der Waals surface area contributed by atoms with E-state index in [4.69, 9.17) is 21.1 Å². The molecule has 7 nitrogen and oxygen atoms in total. The molecule has 0 unspecified atom stereocenters. The molecule has 0 saturated carbocycles. The first-order valence-electron chi connectivity index (χ1n) is 10.6. The van der Waals surface area contributed by atoms with E-state index in [1.807, 2.05) is 24.3 Å². The first kappa shape index (κ1) is 24.4. The van der Waals surface area contributed by atoms with Crippen molar-refractivity contribution in [2.24, 2.45) is 0 Å². The molecule has 178 valence electrons. The number of rotatable bonds is 8. The maximum atomic E-state index is 12.9. The fourth-order valence-corrected chi connectivity index (χ4v) is 4.39. The highest BCUT2D eigenvalue weighted by Crippen LogP contribution is 2.38. The van der Waals surface area contributed by atoms with Crippen molar-refractivity contribution in [1.82, 2.24) is 4.90 Å². The van der Waals surface area contributed by atoms with Gasteiger partial charge in [-0.3, -0.25) is 19.3 Å². The molecule has 3 aromatic rings. The van der Waals surface area contributed by atoms with Crippen LogP contribution in [-0.4, -0.2) is 35.6 Å². The SMILES string of the molecule is COc1cccc(/C=C2\SC(=O)N(CC(=O)Nc3ccccc3)C2=O)c1OCc1ccccc1Cl. The van der Waals surface area contributed by atoms with Gasteiger partial charge < -0.3 is 14.8 Å². The summed E-state index contributed by atoms with van der Waals surface area (Å²) in [5, 5.41) is 2.72. The summed E-state index contributed by atoms with van der Waals surface area (Å²) in [4.78, 5) is 38.9. The molecule has 9 heteroatoms. The Morgan fingerprint density at radius 2 is 1.77 bits per heavy atom. The van der Waals surface area contributed by atoms with Gasteiger partial charge in [0.15, 0.2) is 11.5 Å².